The van der Waals surface area contributed by atoms with Crippen molar-refractivity contribution in [3.63, 3.8) is 0 Å². The summed E-state index contributed by atoms with van der Waals surface area (Å²) in [4.78, 5) is 14.6. The minimum atomic E-state index is 0.168. The molecule has 0 bridgehead atoms. The molecule has 1 aliphatic rings. The number of hydrogen-bond acceptors (Lipinski definition) is 7. The summed E-state index contributed by atoms with van der Waals surface area (Å²) in [5.74, 6) is 0.887. The van der Waals surface area contributed by atoms with Crippen LogP contribution in [0.4, 0.5) is 11.5 Å². The maximum Gasteiger partial charge on any atom is 0.132 e. The van der Waals surface area contributed by atoms with Gasteiger partial charge in [0.1, 0.15) is 18.2 Å². The Bertz CT molecular complexity index is 686. The highest BCUT2D eigenvalue weighted by Crippen LogP contribution is 2.25. The molecule has 2 atom stereocenters. The van der Waals surface area contributed by atoms with E-state index in [1.54, 1.807) is 38.1 Å². The van der Waals surface area contributed by atoms with Crippen molar-refractivity contribution in [3.8, 4) is 6.07 Å². The molecule has 2 aromatic heterocycles. The Hall–Kier alpha value is -2.72. The number of methoxy groups -OCH3 is 1. The van der Waals surface area contributed by atoms with Gasteiger partial charge in [0, 0.05) is 32.6 Å². The van der Waals surface area contributed by atoms with Gasteiger partial charge in [-0.1, -0.05) is 0 Å². The van der Waals surface area contributed by atoms with E-state index in [9.17, 15) is 0 Å². The predicted molar refractivity (Wildman–Crippen MR) is 86.0 cm³/mol. The van der Waals surface area contributed by atoms with Crippen LogP contribution in [0.25, 0.3) is 0 Å². The standard InChI is InChI=1S/C16H18N6O/c1-23-14-6-13(22(10-14)16-3-5-19-11-21-16)8-20-15-9-18-4-2-12(15)7-17/h2-5,9,11,13-14,20H,6,8,10H2,1H3/t13-,14-/m1/s1. The Morgan fingerprint density at radius 1 is 1.39 bits per heavy atom. The summed E-state index contributed by atoms with van der Waals surface area (Å²) in [5, 5.41) is 12.5. The maximum atomic E-state index is 9.16. The SMILES string of the molecule is CO[C@@H]1C[C@H](CNc2cnccc2C#N)N(c2ccncn2)C1. The zero-order valence-electron chi connectivity index (χ0n) is 12.9. The number of nitriles is 1. The fourth-order valence-corrected chi connectivity index (χ4v) is 2.83. The summed E-state index contributed by atoms with van der Waals surface area (Å²) in [5.41, 5.74) is 1.34. The maximum absolute atomic E-state index is 9.16. The van der Waals surface area contributed by atoms with Crippen molar-refractivity contribution < 1.29 is 4.74 Å². The molecule has 1 saturated heterocycles. The van der Waals surface area contributed by atoms with Gasteiger partial charge in [0.05, 0.1) is 29.6 Å². The fraction of sp³-hybridized carbons (Fsp3) is 0.375. The molecule has 0 unspecified atom stereocenters. The monoisotopic (exact) mass is 310 g/mol. The van der Waals surface area contributed by atoms with E-state index in [2.05, 4.69) is 31.2 Å². The zero-order chi connectivity index (χ0) is 16.1. The Morgan fingerprint density at radius 2 is 2.26 bits per heavy atom. The second-order valence-corrected chi connectivity index (χ2v) is 5.38. The fourth-order valence-electron chi connectivity index (χ4n) is 2.83. The van der Waals surface area contributed by atoms with Crippen molar-refractivity contribution in [1.82, 2.24) is 15.0 Å². The van der Waals surface area contributed by atoms with E-state index in [4.69, 9.17) is 10.00 Å². The molecule has 118 valence electrons. The van der Waals surface area contributed by atoms with E-state index in [-0.39, 0.29) is 12.1 Å². The lowest BCUT2D eigenvalue weighted by atomic mass is 10.2. The average Bonchev–Trinajstić information content (AvgIpc) is 3.04. The molecule has 1 aliphatic heterocycles. The van der Waals surface area contributed by atoms with Gasteiger partial charge in [-0.15, -0.1) is 0 Å². The van der Waals surface area contributed by atoms with Gasteiger partial charge in [0.2, 0.25) is 0 Å². The molecule has 2 aromatic rings. The van der Waals surface area contributed by atoms with Crippen LogP contribution in [-0.4, -0.2) is 47.3 Å². The van der Waals surface area contributed by atoms with Crippen molar-refractivity contribution in [2.75, 3.05) is 30.4 Å². The number of nitrogens with zero attached hydrogens (tertiary/aromatic N) is 5. The van der Waals surface area contributed by atoms with Crippen LogP contribution in [0, 0.1) is 11.3 Å². The number of pyridine rings is 1. The summed E-state index contributed by atoms with van der Waals surface area (Å²) in [7, 11) is 1.73. The van der Waals surface area contributed by atoms with Crippen molar-refractivity contribution in [2.45, 2.75) is 18.6 Å². The second kappa shape index (κ2) is 7.03. The molecule has 7 nitrogen and oxygen atoms in total. The highest BCUT2D eigenvalue weighted by atomic mass is 16.5. The molecule has 3 rings (SSSR count). The summed E-state index contributed by atoms with van der Waals surface area (Å²) in [6.07, 6.45) is 7.65. The summed E-state index contributed by atoms with van der Waals surface area (Å²) < 4.78 is 5.51. The second-order valence-electron chi connectivity index (χ2n) is 5.38. The zero-order valence-corrected chi connectivity index (χ0v) is 12.9. The van der Waals surface area contributed by atoms with Gasteiger partial charge in [0.15, 0.2) is 0 Å². The minimum Gasteiger partial charge on any atom is -0.381 e. The first-order valence-corrected chi connectivity index (χ1v) is 7.45. The third kappa shape index (κ3) is 3.38. The van der Waals surface area contributed by atoms with Gasteiger partial charge in [-0.3, -0.25) is 4.98 Å². The van der Waals surface area contributed by atoms with Crippen LogP contribution < -0.4 is 10.2 Å². The van der Waals surface area contributed by atoms with Crippen LogP contribution in [-0.2, 0) is 4.74 Å². The Labute approximate surface area is 135 Å². The molecule has 0 amide bonds. The van der Waals surface area contributed by atoms with E-state index in [0.717, 1.165) is 24.5 Å². The number of aromatic nitrogens is 3. The van der Waals surface area contributed by atoms with Crippen LogP contribution in [0.5, 0.6) is 0 Å². The summed E-state index contributed by atoms with van der Waals surface area (Å²) in [6.45, 7) is 1.47. The largest absolute Gasteiger partial charge is 0.381 e. The van der Waals surface area contributed by atoms with Crippen molar-refractivity contribution in [2.24, 2.45) is 0 Å². The predicted octanol–water partition coefficient (Wildman–Crippen LogP) is 1.45. The molecule has 0 radical (unpaired) electrons. The molecule has 0 aliphatic carbocycles. The van der Waals surface area contributed by atoms with E-state index in [1.165, 1.54) is 0 Å². The smallest absolute Gasteiger partial charge is 0.132 e. The lowest BCUT2D eigenvalue weighted by Crippen LogP contribution is -2.35. The van der Waals surface area contributed by atoms with Crippen LogP contribution in [0.1, 0.15) is 12.0 Å². The van der Waals surface area contributed by atoms with Gasteiger partial charge in [-0.25, -0.2) is 9.97 Å². The third-order valence-corrected chi connectivity index (χ3v) is 4.04. The lowest BCUT2D eigenvalue weighted by molar-refractivity contribution is 0.118. The number of rotatable bonds is 5. The third-order valence-electron chi connectivity index (χ3n) is 4.04. The Morgan fingerprint density at radius 3 is 3.00 bits per heavy atom. The lowest BCUT2D eigenvalue weighted by Gasteiger charge is -2.25. The van der Waals surface area contributed by atoms with Gasteiger partial charge < -0.3 is 15.0 Å². The summed E-state index contributed by atoms with van der Waals surface area (Å²) >= 11 is 0. The molecule has 0 aromatic carbocycles. The Balaban J connectivity index is 1.73. The van der Waals surface area contributed by atoms with Crippen molar-refractivity contribution in [1.29, 1.82) is 5.26 Å². The van der Waals surface area contributed by atoms with Crippen LogP contribution in [0.15, 0.2) is 37.1 Å². The van der Waals surface area contributed by atoms with Crippen LogP contribution >= 0.6 is 0 Å². The topological polar surface area (TPSA) is 87.0 Å². The van der Waals surface area contributed by atoms with E-state index < -0.39 is 0 Å². The van der Waals surface area contributed by atoms with Crippen LogP contribution in [0.2, 0.25) is 0 Å². The molecule has 1 fully saturated rings. The van der Waals surface area contributed by atoms with E-state index >= 15 is 0 Å². The molecule has 3 heterocycles. The number of hydrogen-bond donors (Lipinski definition) is 1. The highest BCUT2D eigenvalue weighted by molar-refractivity contribution is 5.55. The molecule has 0 saturated carbocycles. The number of ether oxygens (including phenoxy) is 1. The first-order chi connectivity index (χ1) is 11.3. The molecular formula is C16H18N6O. The van der Waals surface area contributed by atoms with E-state index in [1.807, 2.05) is 6.07 Å². The quantitative estimate of drug-likeness (QED) is 0.894. The van der Waals surface area contributed by atoms with Crippen molar-refractivity contribution in [3.05, 3.63) is 42.6 Å². The summed E-state index contributed by atoms with van der Waals surface area (Å²) in [6, 6.07) is 6.00. The Kier molecular flexibility index (Phi) is 4.64. The van der Waals surface area contributed by atoms with Crippen molar-refractivity contribution >= 4 is 11.5 Å². The molecule has 23 heavy (non-hydrogen) atoms. The highest BCUT2D eigenvalue weighted by Gasteiger charge is 2.32. The normalized spacial score (nSPS) is 20.3. The molecule has 1 N–H and O–H groups in total. The molecular weight excluding hydrogens is 292 g/mol. The minimum absolute atomic E-state index is 0.168. The van der Waals surface area contributed by atoms with Gasteiger partial charge >= 0.3 is 0 Å². The average molecular weight is 310 g/mol. The molecule has 0 spiro atoms. The first-order valence-electron chi connectivity index (χ1n) is 7.45. The van der Waals surface area contributed by atoms with Crippen LogP contribution in [0.3, 0.4) is 0 Å². The molecule has 7 heteroatoms. The number of anilines is 2. The first kappa shape index (κ1) is 15.2. The van der Waals surface area contributed by atoms with Gasteiger partial charge in [-0.2, -0.15) is 5.26 Å². The van der Waals surface area contributed by atoms with Gasteiger partial charge in [-0.05, 0) is 18.6 Å². The van der Waals surface area contributed by atoms with E-state index in [0.29, 0.717) is 12.1 Å². The number of nitrogens with one attached hydrogen (secondary N) is 1. The van der Waals surface area contributed by atoms with Gasteiger partial charge in [0.25, 0.3) is 0 Å².